The highest BCUT2D eigenvalue weighted by Crippen LogP contribution is 2.33. The number of hydrogen-bond donors (Lipinski definition) is 1. The molecule has 0 unspecified atom stereocenters. The summed E-state index contributed by atoms with van der Waals surface area (Å²) in [6.45, 7) is 4.81. The summed E-state index contributed by atoms with van der Waals surface area (Å²) in [6.07, 6.45) is 4.09. The van der Waals surface area contributed by atoms with E-state index in [1.54, 1.807) is 0 Å². The number of benzene rings is 2. The number of aromatic nitrogens is 2. The second kappa shape index (κ2) is 10.1. The minimum atomic E-state index is 0.0699. The zero-order valence-corrected chi connectivity index (χ0v) is 19.6. The van der Waals surface area contributed by atoms with E-state index in [1.807, 2.05) is 61.7 Å². The van der Waals surface area contributed by atoms with Crippen molar-refractivity contribution in [1.29, 1.82) is 0 Å². The summed E-state index contributed by atoms with van der Waals surface area (Å²) < 4.78 is 0. The van der Waals surface area contributed by atoms with Gasteiger partial charge in [0.15, 0.2) is 0 Å². The molecule has 0 bridgehead atoms. The van der Waals surface area contributed by atoms with Gasteiger partial charge in [-0.25, -0.2) is 0 Å². The zero-order chi connectivity index (χ0) is 23.3. The van der Waals surface area contributed by atoms with Crippen molar-refractivity contribution in [1.82, 2.24) is 20.2 Å². The first-order valence-electron chi connectivity index (χ1n) is 12.0. The third-order valence-corrected chi connectivity index (χ3v) is 6.66. The van der Waals surface area contributed by atoms with E-state index in [4.69, 9.17) is 4.98 Å². The standard InChI is InChI=1S/C29H30N4O/c1-21-26(29(22-9-3-2-4-10-22)25-12-5-6-13-27(25)31-21)19-28(34)32-23-14-17-33(18-15-23)20-24-11-7-8-16-30-24/h2-13,16,23H,14-15,17-20H2,1H3,(H,32,34). The number of carbonyl (C=O) groups is 1. The number of hydrogen-bond acceptors (Lipinski definition) is 4. The molecule has 1 fully saturated rings. The van der Waals surface area contributed by atoms with E-state index < -0.39 is 0 Å². The number of para-hydroxylation sites is 1. The van der Waals surface area contributed by atoms with Gasteiger partial charge in [0.1, 0.15) is 0 Å². The molecular weight excluding hydrogens is 420 g/mol. The van der Waals surface area contributed by atoms with Gasteiger partial charge < -0.3 is 5.32 Å². The average Bonchev–Trinajstić information content (AvgIpc) is 2.87. The molecule has 1 saturated heterocycles. The van der Waals surface area contributed by atoms with Crippen LogP contribution in [0.2, 0.25) is 0 Å². The van der Waals surface area contributed by atoms with Crippen molar-refractivity contribution in [3.63, 3.8) is 0 Å². The normalized spacial score (nSPS) is 14.9. The number of amides is 1. The first-order valence-corrected chi connectivity index (χ1v) is 12.0. The Balaban J connectivity index is 1.29. The quantitative estimate of drug-likeness (QED) is 0.453. The molecule has 2 aromatic carbocycles. The molecule has 1 N–H and O–H groups in total. The average molecular weight is 451 g/mol. The molecule has 1 amide bonds. The second-order valence-corrected chi connectivity index (χ2v) is 9.05. The van der Waals surface area contributed by atoms with Crippen molar-refractivity contribution in [2.24, 2.45) is 0 Å². The number of rotatable bonds is 6. The maximum Gasteiger partial charge on any atom is 0.224 e. The van der Waals surface area contributed by atoms with E-state index in [0.717, 1.165) is 71.5 Å². The van der Waals surface area contributed by atoms with E-state index in [2.05, 4.69) is 39.5 Å². The lowest BCUT2D eigenvalue weighted by Gasteiger charge is -2.32. The van der Waals surface area contributed by atoms with Crippen molar-refractivity contribution < 1.29 is 4.79 Å². The molecule has 1 aliphatic heterocycles. The summed E-state index contributed by atoms with van der Waals surface area (Å²) in [4.78, 5) is 24.8. The molecule has 0 spiro atoms. The zero-order valence-electron chi connectivity index (χ0n) is 19.6. The van der Waals surface area contributed by atoms with Crippen LogP contribution in [-0.2, 0) is 17.8 Å². The van der Waals surface area contributed by atoms with Crippen LogP contribution in [0.15, 0.2) is 79.0 Å². The predicted octanol–water partition coefficient (Wildman–Crippen LogP) is 4.93. The van der Waals surface area contributed by atoms with Crippen molar-refractivity contribution in [3.8, 4) is 11.1 Å². The molecule has 5 heteroatoms. The number of nitrogens with zero attached hydrogens (tertiary/aromatic N) is 3. The van der Waals surface area contributed by atoms with Crippen LogP contribution in [0, 0.1) is 6.92 Å². The molecule has 0 atom stereocenters. The smallest absolute Gasteiger partial charge is 0.224 e. The molecule has 34 heavy (non-hydrogen) atoms. The van der Waals surface area contributed by atoms with Crippen LogP contribution in [0.1, 0.15) is 29.8 Å². The summed E-state index contributed by atoms with van der Waals surface area (Å²) >= 11 is 0. The third-order valence-electron chi connectivity index (χ3n) is 6.66. The Morgan fingerprint density at radius 2 is 1.71 bits per heavy atom. The molecule has 2 aromatic heterocycles. The SMILES string of the molecule is Cc1nc2ccccc2c(-c2ccccc2)c1CC(=O)NC1CCN(Cc2ccccn2)CC1. The fraction of sp³-hybridized carbons (Fsp3) is 0.276. The van der Waals surface area contributed by atoms with Crippen molar-refractivity contribution in [3.05, 3.63) is 95.9 Å². The maximum atomic E-state index is 13.2. The molecule has 4 aromatic rings. The van der Waals surface area contributed by atoms with E-state index in [1.165, 1.54) is 0 Å². The maximum absolute atomic E-state index is 13.2. The predicted molar refractivity (Wildman–Crippen MR) is 136 cm³/mol. The molecule has 172 valence electrons. The minimum Gasteiger partial charge on any atom is -0.353 e. The molecular formula is C29H30N4O. The Bertz CT molecular complexity index is 1270. The Labute approximate surface area is 200 Å². The first-order chi connectivity index (χ1) is 16.7. The van der Waals surface area contributed by atoms with Gasteiger partial charge in [0, 0.05) is 43.0 Å². The summed E-state index contributed by atoms with van der Waals surface area (Å²) in [7, 11) is 0. The number of carbonyl (C=O) groups excluding carboxylic acids is 1. The van der Waals surface area contributed by atoms with E-state index in [0.29, 0.717) is 6.42 Å². The van der Waals surface area contributed by atoms with Gasteiger partial charge >= 0.3 is 0 Å². The van der Waals surface area contributed by atoms with Crippen molar-refractivity contribution >= 4 is 16.8 Å². The Morgan fingerprint density at radius 1 is 0.971 bits per heavy atom. The molecule has 0 saturated carbocycles. The van der Waals surface area contributed by atoms with Gasteiger partial charge in [-0.2, -0.15) is 0 Å². The number of fused-ring (bicyclic) bond motifs is 1. The fourth-order valence-corrected chi connectivity index (χ4v) is 4.92. The van der Waals surface area contributed by atoms with Gasteiger partial charge in [0.05, 0.1) is 17.6 Å². The molecule has 0 aliphatic carbocycles. The summed E-state index contributed by atoms with van der Waals surface area (Å²) in [6, 6.07) is 24.8. The molecule has 0 radical (unpaired) electrons. The molecule has 3 heterocycles. The van der Waals surface area contributed by atoms with E-state index in [9.17, 15) is 4.79 Å². The largest absolute Gasteiger partial charge is 0.353 e. The van der Waals surface area contributed by atoms with Crippen molar-refractivity contribution in [2.45, 2.75) is 38.8 Å². The monoisotopic (exact) mass is 450 g/mol. The topological polar surface area (TPSA) is 58.1 Å². The Kier molecular flexibility index (Phi) is 6.63. The van der Waals surface area contributed by atoms with Crippen LogP contribution in [0.5, 0.6) is 0 Å². The van der Waals surface area contributed by atoms with E-state index >= 15 is 0 Å². The van der Waals surface area contributed by atoms with Gasteiger partial charge in [-0.3, -0.25) is 19.7 Å². The molecule has 1 aliphatic rings. The van der Waals surface area contributed by atoms with Crippen LogP contribution in [0.3, 0.4) is 0 Å². The van der Waals surface area contributed by atoms with Crippen LogP contribution >= 0.6 is 0 Å². The van der Waals surface area contributed by atoms with Crippen LogP contribution in [0.4, 0.5) is 0 Å². The second-order valence-electron chi connectivity index (χ2n) is 9.05. The number of nitrogens with one attached hydrogen (secondary N) is 1. The molecule has 5 rings (SSSR count). The Hall–Kier alpha value is -3.57. The molecule has 5 nitrogen and oxygen atoms in total. The van der Waals surface area contributed by atoms with Gasteiger partial charge in [0.2, 0.25) is 5.91 Å². The fourth-order valence-electron chi connectivity index (χ4n) is 4.92. The number of piperidine rings is 1. The van der Waals surface area contributed by atoms with Crippen LogP contribution in [-0.4, -0.2) is 39.9 Å². The lowest BCUT2D eigenvalue weighted by Crippen LogP contribution is -2.44. The van der Waals surface area contributed by atoms with Gasteiger partial charge in [-0.15, -0.1) is 0 Å². The van der Waals surface area contributed by atoms with E-state index in [-0.39, 0.29) is 11.9 Å². The number of likely N-dealkylation sites (tertiary alicyclic amines) is 1. The highest BCUT2D eigenvalue weighted by atomic mass is 16.1. The summed E-state index contributed by atoms with van der Waals surface area (Å²) in [5, 5.41) is 4.38. The number of aryl methyl sites for hydroxylation is 1. The lowest BCUT2D eigenvalue weighted by atomic mass is 9.92. The number of pyridine rings is 2. The summed E-state index contributed by atoms with van der Waals surface area (Å²) in [5.74, 6) is 0.0699. The highest BCUT2D eigenvalue weighted by Gasteiger charge is 2.23. The Morgan fingerprint density at radius 3 is 2.47 bits per heavy atom. The van der Waals surface area contributed by atoms with Crippen molar-refractivity contribution in [2.75, 3.05) is 13.1 Å². The van der Waals surface area contributed by atoms with Gasteiger partial charge in [0.25, 0.3) is 0 Å². The van der Waals surface area contributed by atoms with Gasteiger partial charge in [-0.1, -0.05) is 54.6 Å². The lowest BCUT2D eigenvalue weighted by molar-refractivity contribution is -0.121. The highest BCUT2D eigenvalue weighted by molar-refractivity contribution is 5.98. The van der Waals surface area contributed by atoms with Crippen LogP contribution < -0.4 is 5.32 Å². The summed E-state index contributed by atoms with van der Waals surface area (Å²) in [5.41, 5.74) is 6.22. The third kappa shape index (κ3) is 5.00. The minimum absolute atomic E-state index is 0.0699. The first kappa shape index (κ1) is 22.2. The van der Waals surface area contributed by atoms with Crippen LogP contribution in [0.25, 0.3) is 22.0 Å². The van der Waals surface area contributed by atoms with Gasteiger partial charge in [-0.05, 0) is 54.7 Å².